The summed E-state index contributed by atoms with van der Waals surface area (Å²) in [6, 6.07) is 8.87. The average Bonchev–Trinajstić information content (AvgIpc) is 2.41. The number of fused-ring (bicyclic) bond motifs is 1. The van der Waals surface area contributed by atoms with Crippen LogP contribution < -0.4 is 9.80 Å². The van der Waals surface area contributed by atoms with E-state index in [1.807, 2.05) is 0 Å². The number of hydrogen-bond donors (Lipinski definition) is 1. The van der Waals surface area contributed by atoms with Gasteiger partial charge in [0.2, 0.25) is 0 Å². The minimum atomic E-state index is -0.157. The monoisotopic (exact) mass is 246 g/mol. The van der Waals surface area contributed by atoms with E-state index in [2.05, 4.69) is 41.1 Å². The van der Waals surface area contributed by atoms with E-state index in [4.69, 9.17) is 0 Å². The van der Waals surface area contributed by atoms with E-state index >= 15 is 0 Å². The molecular weight excluding hydrogens is 224 g/mol. The quantitative estimate of drug-likeness (QED) is 0.823. The van der Waals surface area contributed by atoms with Crippen molar-refractivity contribution < 1.29 is 5.11 Å². The Balaban J connectivity index is 1.91. The van der Waals surface area contributed by atoms with Crippen LogP contribution in [0.1, 0.15) is 25.7 Å². The van der Waals surface area contributed by atoms with E-state index in [0.29, 0.717) is 6.04 Å². The first-order valence-electron chi connectivity index (χ1n) is 7.02. The van der Waals surface area contributed by atoms with Crippen molar-refractivity contribution in [1.29, 1.82) is 0 Å². The number of benzene rings is 1. The number of anilines is 2. The normalized spacial score (nSPS) is 28.1. The molecule has 1 fully saturated rings. The molecule has 0 spiro atoms. The summed E-state index contributed by atoms with van der Waals surface area (Å²) in [6.45, 7) is 2.06. The maximum absolute atomic E-state index is 10.3. The molecule has 0 unspecified atom stereocenters. The maximum Gasteiger partial charge on any atom is 0.0743 e. The third-order valence-corrected chi connectivity index (χ3v) is 4.37. The molecule has 2 atom stereocenters. The van der Waals surface area contributed by atoms with Gasteiger partial charge in [0, 0.05) is 20.1 Å². The Morgan fingerprint density at radius 2 is 1.78 bits per heavy atom. The average molecular weight is 246 g/mol. The summed E-state index contributed by atoms with van der Waals surface area (Å²) in [5.41, 5.74) is 2.58. The molecule has 1 aliphatic heterocycles. The minimum Gasteiger partial charge on any atom is -0.391 e. The lowest BCUT2D eigenvalue weighted by atomic mass is 9.90. The van der Waals surface area contributed by atoms with Gasteiger partial charge in [-0.05, 0) is 25.0 Å². The summed E-state index contributed by atoms with van der Waals surface area (Å²) in [5.74, 6) is 0. The second-order valence-corrected chi connectivity index (χ2v) is 5.52. The van der Waals surface area contributed by atoms with Crippen LogP contribution in [-0.4, -0.2) is 37.4 Å². The van der Waals surface area contributed by atoms with E-state index in [0.717, 1.165) is 25.9 Å². The molecule has 98 valence electrons. The van der Waals surface area contributed by atoms with Gasteiger partial charge >= 0.3 is 0 Å². The highest BCUT2D eigenvalue weighted by Gasteiger charge is 2.32. The van der Waals surface area contributed by atoms with Crippen LogP contribution in [-0.2, 0) is 0 Å². The van der Waals surface area contributed by atoms with Crippen LogP contribution in [0, 0.1) is 0 Å². The first-order chi connectivity index (χ1) is 8.77. The number of nitrogens with zero attached hydrogens (tertiary/aromatic N) is 2. The molecule has 18 heavy (non-hydrogen) atoms. The topological polar surface area (TPSA) is 26.7 Å². The predicted molar refractivity (Wildman–Crippen MR) is 75.3 cm³/mol. The molecule has 1 heterocycles. The van der Waals surface area contributed by atoms with Crippen molar-refractivity contribution in [3.8, 4) is 0 Å². The lowest BCUT2D eigenvalue weighted by Crippen LogP contribution is -2.51. The molecule has 2 aliphatic rings. The summed E-state index contributed by atoms with van der Waals surface area (Å²) in [7, 11) is 2.15. The zero-order valence-corrected chi connectivity index (χ0v) is 11.0. The number of aliphatic hydroxyl groups excluding tert-OH is 1. The number of hydrogen-bond acceptors (Lipinski definition) is 3. The molecule has 0 bridgehead atoms. The number of para-hydroxylation sites is 2. The van der Waals surface area contributed by atoms with Gasteiger partial charge in [-0.2, -0.15) is 0 Å². The Kier molecular flexibility index (Phi) is 3.16. The fraction of sp³-hybridized carbons (Fsp3) is 0.600. The highest BCUT2D eigenvalue weighted by Crippen LogP contribution is 2.36. The van der Waals surface area contributed by atoms with Gasteiger partial charge in [0.25, 0.3) is 0 Å². The highest BCUT2D eigenvalue weighted by molar-refractivity contribution is 5.73. The van der Waals surface area contributed by atoms with E-state index in [1.165, 1.54) is 24.2 Å². The Morgan fingerprint density at radius 1 is 1.06 bits per heavy atom. The number of aliphatic hydroxyl groups is 1. The minimum absolute atomic E-state index is 0.157. The van der Waals surface area contributed by atoms with Gasteiger partial charge in [0.1, 0.15) is 0 Å². The van der Waals surface area contributed by atoms with Gasteiger partial charge in [0.05, 0.1) is 23.5 Å². The lowest BCUT2D eigenvalue weighted by molar-refractivity contribution is 0.104. The smallest absolute Gasteiger partial charge is 0.0743 e. The molecule has 1 N–H and O–H groups in total. The van der Waals surface area contributed by atoms with Gasteiger partial charge in [-0.1, -0.05) is 25.0 Å². The fourth-order valence-corrected chi connectivity index (χ4v) is 3.33. The van der Waals surface area contributed by atoms with Crippen LogP contribution in [0.5, 0.6) is 0 Å². The van der Waals surface area contributed by atoms with Crippen molar-refractivity contribution in [3.63, 3.8) is 0 Å². The summed E-state index contributed by atoms with van der Waals surface area (Å²) in [4.78, 5) is 4.74. The first kappa shape index (κ1) is 11.8. The molecular formula is C15H22N2O. The number of likely N-dealkylation sites (N-methyl/N-ethyl adjacent to an activating group) is 1. The van der Waals surface area contributed by atoms with Crippen LogP contribution in [0.25, 0.3) is 0 Å². The molecule has 0 amide bonds. The molecule has 1 aromatic carbocycles. The van der Waals surface area contributed by atoms with Gasteiger partial charge < -0.3 is 14.9 Å². The van der Waals surface area contributed by atoms with E-state index < -0.39 is 0 Å². The Bertz CT molecular complexity index is 421. The van der Waals surface area contributed by atoms with Crippen LogP contribution >= 0.6 is 0 Å². The molecule has 0 radical (unpaired) electrons. The van der Waals surface area contributed by atoms with Crippen molar-refractivity contribution in [1.82, 2.24) is 0 Å². The second-order valence-electron chi connectivity index (χ2n) is 5.52. The molecule has 3 heteroatoms. The Labute approximate surface area is 109 Å². The zero-order chi connectivity index (χ0) is 12.5. The Hall–Kier alpha value is -1.22. The Morgan fingerprint density at radius 3 is 2.56 bits per heavy atom. The molecule has 0 aromatic heterocycles. The standard InChI is InChI=1S/C15H22N2O/c1-16-10-11-17(13-7-3-2-6-12(13)16)14-8-4-5-9-15(14)18/h2-3,6-7,14-15,18H,4-5,8-11H2,1H3/t14-,15-/m0/s1. The maximum atomic E-state index is 10.3. The summed E-state index contributed by atoms with van der Waals surface area (Å²) < 4.78 is 0. The molecule has 3 nitrogen and oxygen atoms in total. The number of rotatable bonds is 1. The second kappa shape index (κ2) is 4.81. The summed E-state index contributed by atoms with van der Waals surface area (Å²) >= 11 is 0. The third kappa shape index (κ3) is 1.97. The van der Waals surface area contributed by atoms with Crippen molar-refractivity contribution in [2.45, 2.75) is 37.8 Å². The van der Waals surface area contributed by atoms with Gasteiger partial charge in [-0.25, -0.2) is 0 Å². The summed E-state index contributed by atoms with van der Waals surface area (Å²) in [6.07, 6.45) is 4.34. The largest absolute Gasteiger partial charge is 0.391 e. The van der Waals surface area contributed by atoms with Crippen molar-refractivity contribution in [2.24, 2.45) is 0 Å². The van der Waals surface area contributed by atoms with Gasteiger partial charge in [0.15, 0.2) is 0 Å². The predicted octanol–water partition coefficient (Wildman–Crippen LogP) is 2.25. The van der Waals surface area contributed by atoms with Crippen LogP contribution in [0.3, 0.4) is 0 Å². The van der Waals surface area contributed by atoms with E-state index in [9.17, 15) is 5.11 Å². The van der Waals surface area contributed by atoms with Crippen molar-refractivity contribution >= 4 is 11.4 Å². The van der Waals surface area contributed by atoms with E-state index in [-0.39, 0.29) is 6.10 Å². The van der Waals surface area contributed by atoms with Crippen molar-refractivity contribution in [3.05, 3.63) is 24.3 Å². The van der Waals surface area contributed by atoms with Gasteiger partial charge in [-0.15, -0.1) is 0 Å². The third-order valence-electron chi connectivity index (χ3n) is 4.37. The van der Waals surface area contributed by atoms with E-state index in [1.54, 1.807) is 0 Å². The zero-order valence-electron chi connectivity index (χ0n) is 11.0. The lowest BCUT2D eigenvalue weighted by Gasteiger charge is -2.44. The van der Waals surface area contributed by atoms with Crippen LogP contribution in [0.4, 0.5) is 11.4 Å². The SMILES string of the molecule is CN1CCN([C@H]2CCCC[C@@H]2O)c2ccccc21. The molecule has 1 aliphatic carbocycles. The van der Waals surface area contributed by atoms with Crippen molar-refractivity contribution in [2.75, 3.05) is 29.9 Å². The van der Waals surface area contributed by atoms with Crippen LogP contribution in [0.15, 0.2) is 24.3 Å². The fourth-order valence-electron chi connectivity index (χ4n) is 3.33. The van der Waals surface area contributed by atoms with Gasteiger partial charge in [-0.3, -0.25) is 0 Å². The molecule has 1 saturated carbocycles. The molecule has 3 rings (SSSR count). The molecule has 0 saturated heterocycles. The highest BCUT2D eigenvalue weighted by atomic mass is 16.3. The summed E-state index contributed by atoms with van der Waals surface area (Å²) in [5, 5.41) is 10.3. The first-order valence-corrected chi connectivity index (χ1v) is 7.02. The molecule has 1 aromatic rings. The van der Waals surface area contributed by atoms with Crippen LogP contribution in [0.2, 0.25) is 0 Å².